The minimum atomic E-state index is -0.330. The van der Waals surface area contributed by atoms with Gasteiger partial charge in [-0.25, -0.2) is 0 Å². The minimum absolute atomic E-state index is 0.330. The molecule has 1 aliphatic carbocycles. The number of hydrogen-bond donors (Lipinski definition) is 0. The molecule has 1 atom stereocenters. The maximum Gasteiger partial charge on any atom is 0.127 e. The molecule has 1 aromatic rings. The Morgan fingerprint density at radius 2 is 2.23 bits per heavy atom. The van der Waals surface area contributed by atoms with Gasteiger partial charge in [0.1, 0.15) is 5.60 Å². The summed E-state index contributed by atoms with van der Waals surface area (Å²) in [5, 5.41) is 2.07. The van der Waals surface area contributed by atoms with Gasteiger partial charge in [-0.15, -0.1) is 11.3 Å². The molecule has 13 heavy (non-hydrogen) atoms. The zero-order valence-corrected chi connectivity index (χ0v) is 8.25. The van der Waals surface area contributed by atoms with Gasteiger partial charge in [0.25, 0.3) is 0 Å². The van der Waals surface area contributed by atoms with Crippen LogP contribution in [0.4, 0.5) is 0 Å². The molecule has 0 amide bonds. The summed E-state index contributed by atoms with van der Waals surface area (Å²) in [7, 11) is 1.74. The summed E-state index contributed by atoms with van der Waals surface area (Å²) in [6.07, 6.45) is 10.2. The molecule has 0 saturated carbocycles. The van der Waals surface area contributed by atoms with Crippen molar-refractivity contribution in [1.82, 2.24) is 0 Å². The second-order valence-electron chi connectivity index (χ2n) is 2.89. The lowest BCUT2D eigenvalue weighted by Gasteiger charge is -2.28. The fraction of sp³-hybridized carbons (Fsp3) is 0.182. The number of hydrogen-bond acceptors (Lipinski definition) is 2. The third kappa shape index (κ3) is 1.47. The van der Waals surface area contributed by atoms with E-state index < -0.39 is 0 Å². The molecule has 2 rings (SSSR count). The molecule has 0 aliphatic heterocycles. The van der Waals surface area contributed by atoms with Crippen LogP contribution in [0.5, 0.6) is 0 Å². The van der Waals surface area contributed by atoms with E-state index in [0.29, 0.717) is 0 Å². The van der Waals surface area contributed by atoms with E-state index in [0.717, 1.165) is 0 Å². The van der Waals surface area contributed by atoms with Crippen molar-refractivity contribution < 1.29 is 4.74 Å². The van der Waals surface area contributed by atoms with Crippen molar-refractivity contribution in [2.45, 2.75) is 5.60 Å². The van der Waals surface area contributed by atoms with Crippen molar-refractivity contribution in [3.63, 3.8) is 0 Å². The Balaban J connectivity index is 2.36. The lowest BCUT2D eigenvalue weighted by molar-refractivity contribution is 0.0641. The van der Waals surface area contributed by atoms with E-state index >= 15 is 0 Å². The number of rotatable bonds is 2. The first kappa shape index (κ1) is 8.73. The molecule has 1 aliphatic rings. The molecule has 2 heteroatoms. The van der Waals surface area contributed by atoms with Crippen LogP contribution in [0.1, 0.15) is 4.88 Å². The highest BCUT2D eigenvalue weighted by atomic mass is 32.1. The average molecular weight is 191 g/mol. The predicted octanol–water partition coefficient (Wildman–Crippen LogP) is 2.92. The summed E-state index contributed by atoms with van der Waals surface area (Å²) >= 11 is 1.71. The largest absolute Gasteiger partial charge is 0.368 e. The van der Waals surface area contributed by atoms with Crippen LogP contribution < -0.4 is 0 Å². The first-order valence-electron chi connectivity index (χ1n) is 4.17. The van der Waals surface area contributed by atoms with E-state index in [1.807, 2.05) is 24.3 Å². The summed E-state index contributed by atoms with van der Waals surface area (Å²) in [5.74, 6) is 0. The molecule has 1 unspecified atom stereocenters. The number of methoxy groups -OCH3 is 1. The highest BCUT2D eigenvalue weighted by Crippen LogP contribution is 2.35. The molecule has 0 saturated heterocycles. The van der Waals surface area contributed by atoms with Crippen LogP contribution in [-0.2, 0) is 10.3 Å². The van der Waals surface area contributed by atoms with Crippen molar-refractivity contribution in [2.75, 3.05) is 7.11 Å². The Hall–Kier alpha value is -0.860. The van der Waals surface area contributed by atoms with Gasteiger partial charge >= 0.3 is 0 Å². The predicted molar refractivity (Wildman–Crippen MR) is 55.6 cm³/mol. The van der Waals surface area contributed by atoms with E-state index in [4.69, 9.17) is 4.74 Å². The maximum absolute atomic E-state index is 5.54. The van der Waals surface area contributed by atoms with Gasteiger partial charge in [0.2, 0.25) is 0 Å². The van der Waals surface area contributed by atoms with Crippen LogP contribution in [0, 0.1) is 6.42 Å². The summed E-state index contributed by atoms with van der Waals surface area (Å²) in [4.78, 5) is 1.22. The smallest absolute Gasteiger partial charge is 0.127 e. The molecule has 0 fully saturated rings. The lowest BCUT2D eigenvalue weighted by atomic mass is 9.93. The second-order valence-corrected chi connectivity index (χ2v) is 3.83. The highest BCUT2D eigenvalue weighted by molar-refractivity contribution is 7.10. The van der Waals surface area contributed by atoms with Gasteiger partial charge in [0.05, 0.1) is 0 Å². The van der Waals surface area contributed by atoms with E-state index in [1.165, 1.54) is 4.88 Å². The first-order chi connectivity index (χ1) is 6.37. The van der Waals surface area contributed by atoms with Crippen LogP contribution in [-0.4, -0.2) is 7.11 Å². The monoisotopic (exact) mass is 191 g/mol. The summed E-state index contributed by atoms with van der Waals surface area (Å²) in [5.41, 5.74) is -0.330. The van der Waals surface area contributed by atoms with E-state index in [9.17, 15) is 0 Å². The molecule has 1 nitrogen and oxygen atoms in total. The SMILES string of the molecule is COC1(c2cccs2)[CH]C=CC=C1. The Morgan fingerprint density at radius 1 is 1.31 bits per heavy atom. The first-order valence-corrected chi connectivity index (χ1v) is 5.05. The van der Waals surface area contributed by atoms with Gasteiger partial charge in [-0.05, 0) is 17.5 Å². The Morgan fingerprint density at radius 3 is 2.77 bits per heavy atom. The number of ether oxygens (including phenoxy) is 1. The van der Waals surface area contributed by atoms with Crippen molar-refractivity contribution >= 4 is 11.3 Å². The van der Waals surface area contributed by atoms with Gasteiger partial charge in [-0.3, -0.25) is 0 Å². The molecule has 1 aromatic heterocycles. The standard InChI is InChI=1S/C11H11OS/c1-12-11(7-3-2-4-8-11)10-6-5-9-13-10/h2-9H,1H3. The Labute approximate surface area is 82.4 Å². The Kier molecular flexibility index (Phi) is 2.34. The fourth-order valence-corrected chi connectivity index (χ4v) is 2.28. The van der Waals surface area contributed by atoms with Crippen LogP contribution in [0.25, 0.3) is 0 Å². The Bertz CT molecular complexity index is 324. The minimum Gasteiger partial charge on any atom is -0.368 e. The van der Waals surface area contributed by atoms with Gasteiger partial charge in [-0.2, -0.15) is 0 Å². The van der Waals surface area contributed by atoms with E-state index in [1.54, 1.807) is 18.4 Å². The molecular weight excluding hydrogens is 180 g/mol. The summed E-state index contributed by atoms with van der Waals surface area (Å²) in [6.45, 7) is 0. The average Bonchev–Trinajstić information content (AvgIpc) is 2.72. The van der Waals surface area contributed by atoms with Crippen LogP contribution in [0.3, 0.4) is 0 Å². The lowest BCUT2D eigenvalue weighted by Crippen LogP contribution is -2.25. The molecule has 1 heterocycles. The van der Waals surface area contributed by atoms with E-state index in [-0.39, 0.29) is 5.60 Å². The quantitative estimate of drug-likeness (QED) is 0.698. The van der Waals surface area contributed by atoms with Gasteiger partial charge in [0, 0.05) is 18.4 Å². The third-order valence-electron chi connectivity index (χ3n) is 2.15. The third-order valence-corrected chi connectivity index (χ3v) is 3.16. The molecule has 0 spiro atoms. The zero-order chi connectivity index (χ0) is 9.15. The normalized spacial score (nSPS) is 26.5. The maximum atomic E-state index is 5.54. The molecule has 0 aromatic carbocycles. The molecule has 0 bridgehead atoms. The molecule has 1 radical (unpaired) electrons. The topological polar surface area (TPSA) is 9.23 Å². The fourth-order valence-electron chi connectivity index (χ4n) is 1.42. The second kappa shape index (κ2) is 3.48. The van der Waals surface area contributed by atoms with Gasteiger partial charge in [-0.1, -0.05) is 24.3 Å². The van der Waals surface area contributed by atoms with Crippen molar-refractivity contribution in [1.29, 1.82) is 0 Å². The van der Waals surface area contributed by atoms with Gasteiger partial charge in [0.15, 0.2) is 0 Å². The van der Waals surface area contributed by atoms with Gasteiger partial charge < -0.3 is 4.74 Å². The van der Waals surface area contributed by atoms with Crippen molar-refractivity contribution in [3.05, 3.63) is 53.1 Å². The number of allylic oxidation sites excluding steroid dienone is 2. The van der Waals surface area contributed by atoms with Crippen molar-refractivity contribution in [3.8, 4) is 0 Å². The number of thiophene rings is 1. The molecule has 67 valence electrons. The summed E-state index contributed by atoms with van der Waals surface area (Å²) in [6, 6.07) is 4.13. The van der Waals surface area contributed by atoms with Crippen LogP contribution in [0.2, 0.25) is 0 Å². The zero-order valence-electron chi connectivity index (χ0n) is 7.44. The summed E-state index contributed by atoms with van der Waals surface area (Å²) < 4.78 is 5.54. The van der Waals surface area contributed by atoms with Crippen molar-refractivity contribution in [2.24, 2.45) is 0 Å². The van der Waals surface area contributed by atoms with Crippen LogP contribution >= 0.6 is 11.3 Å². The van der Waals surface area contributed by atoms with Crippen LogP contribution in [0.15, 0.2) is 41.8 Å². The highest BCUT2D eigenvalue weighted by Gasteiger charge is 2.30. The van der Waals surface area contributed by atoms with E-state index in [2.05, 4.69) is 23.9 Å². The molecule has 0 N–H and O–H groups in total. The molecular formula is C11H11OS.